The molecule has 0 aliphatic heterocycles. The average Bonchev–Trinajstić information content (AvgIpc) is 2.39. The summed E-state index contributed by atoms with van der Waals surface area (Å²) < 4.78 is 5.76. The van der Waals surface area contributed by atoms with Crippen LogP contribution in [0, 0.1) is 6.92 Å². The summed E-state index contributed by atoms with van der Waals surface area (Å²) >= 11 is 4.95. The Bertz CT molecular complexity index is 594. The van der Waals surface area contributed by atoms with E-state index >= 15 is 0 Å². The van der Waals surface area contributed by atoms with Crippen LogP contribution < -0.4 is 10.5 Å². The highest BCUT2D eigenvalue weighted by molar-refractivity contribution is 7.80. The third-order valence-corrected chi connectivity index (χ3v) is 3.04. The second-order valence-corrected chi connectivity index (χ2v) is 4.74. The van der Waals surface area contributed by atoms with Crippen molar-refractivity contribution in [3.8, 4) is 11.5 Å². The number of phenolic OH excluding ortho intramolecular Hbond substituents is 1. The molecule has 0 spiro atoms. The van der Waals surface area contributed by atoms with Crippen molar-refractivity contribution < 1.29 is 9.84 Å². The standard InChI is InChI=1S/C15H15NO2S/c1-10-2-5-12(15(16)19)8-14(10)18-9-11-3-6-13(17)7-4-11/h2-8,17H,9H2,1H3,(H2,16,19). The van der Waals surface area contributed by atoms with Crippen molar-refractivity contribution in [1.29, 1.82) is 0 Å². The number of hydrogen-bond donors (Lipinski definition) is 2. The molecule has 0 heterocycles. The Morgan fingerprint density at radius 1 is 1.21 bits per heavy atom. The monoisotopic (exact) mass is 273 g/mol. The van der Waals surface area contributed by atoms with Crippen molar-refractivity contribution in [2.45, 2.75) is 13.5 Å². The van der Waals surface area contributed by atoms with Crippen LogP contribution in [0.4, 0.5) is 0 Å². The van der Waals surface area contributed by atoms with Crippen molar-refractivity contribution in [1.82, 2.24) is 0 Å². The van der Waals surface area contributed by atoms with Crippen LogP contribution in [0.1, 0.15) is 16.7 Å². The highest BCUT2D eigenvalue weighted by Crippen LogP contribution is 2.21. The van der Waals surface area contributed by atoms with Gasteiger partial charge < -0.3 is 15.6 Å². The van der Waals surface area contributed by atoms with Crippen molar-refractivity contribution in [3.63, 3.8) is 0 Å². The second-order valence-electron chi connectivity index (χ2n) is 4.30. The van der Waals surface area contributed by atoms with Crippen LogP contribution in [-0.4, -0.2) is 10.1 Å². The van der Waals surface area contributed by atoms with Gasteiger partial charge in [-0.15, -0.1) is 0 Å². The zero-order chi connectivity index (χ0) is 13.8. The molecule has 0 unspecified atom stereocenters. The molecule has 0 amide bonds. The van der Waals surface area contributed by atoms with Crippen molar-refractivity contribution >= 4 is 17.2 Å². The van der Waals surface area contributed by atoms with Gasteiger partial charge in [-0.1, -0.05) is 36.5 Å². The zero-order valence-corrected chi connectivity index (χ0v) is 11.4. The minimum atomic E-state index is 0.246. The maximum atomic E-state index is 9.21. The smallest absolute Gasteiger partial charge is 0.123 e. The van der Waals surface area contributed by atoms with Gasteiger partial charge in [-0.05, 0) is 36.2 Å². The number of benzene rings is 2. The molecule has 0 aromatic heterocycles. The summed E-state index contributed by atoms with van der Waals surface area (Å²) in [5.74, 6) is 1.01. The normalized spacial score (nSPS) is 10.2. The Kier molecular flexibility index (Phi) is 4.02. The maximum absolute atomic E-state index is 9.21. The molecular weight excluding hydrogens is 258 g/mol. The van der Waals surface area contributed by atoms with Gasteiger partial charge in [-0.2, -0.15) is 0 Å². The number of hydrogen-bond acceptors (Lipinski definition) is 3. The average molecular weight is 273 g/mol. The number of phenols is 1. The molecule has 98 valence electrons. The first-order valence-electron chi connectivity index (χ1n) is 5.87. The fourth-order valence-corrected chi connectivity index (χ4v) is 1.79. The quantitative estimate of drug-likeness (QED) is 0.841. The molecule has 0 aliphatic rings. The molecule has 2 rings (SSSR count). The molecule has 19 heavy (non-hydrogen) atoms. The third-order valence-electron chi connectivity index (χ3n) is 2.80. The Hall–Kier alpha value is -2.07. The number of ether oxygens (including phenoxy) is 1. The Labute approximate surface area is 117 Å². The van der Waals surface area contributed by atoms with E-state index in [1.54, 1.807) is 12.1 Å². The van der Waals surface area contributed by atoms with Gasteiger partial charge in [0.2, 0.25) is 0 Å². The highest BCUT2D eigenvalue weighted by Gasteiger charge is 2.04. The van der Waals surface area contributed by atoms with Crippen LogP contribution in [0.2, 0.25) is 0 Å². The van der Waals surface area contributed by atoms with Crippen LogP contribution in [0.25, 0.3) is 0 Å². The van der Waals surface area contributed by atoms with Crippen molar-refractivity contribution in [2.24, 2.45) is 5.73 Å². The number of thiocarbonyl (C=S) groups is 1. The van der Waals surface area contributed by atoms with E-state index in [2.05, 4.69) is 0 Å². The van der Waals surface area contributed by atoms with Gasteiger partial charge in [0.25, 0.3) is 0 Å². The first-order valence-corrected chi connectivity index (χ1v) is 6.28. The van der Waals surface area contributed by atoms with Gasteiger partial charge in [0.1, 0.15) is 23.1 Å². The fraction of sp³-hybridized carbons (Fsp3) is 0.133. The first kappa shape index (κ1) is 13.4. The molecule has 0 atom stereocenters. The number of nitrogens with two attached hydrogens (primary N) is 1. The molecule has 0 saturated heterocycles. The summed E-state index contributed by atoms with van der Waals surface area (Å²) in [6.07, 6.45) is 0. The van der Waals surface area contributed by atoms with Crippen LogP contribution in [-0.2, 0) is 6.61 Å². The summed E-state index contributed by atoms with van der Waals surface area (Å²) in [4.78, 5) is 0.356. The van der Waals surface area contributed by atoms with Gasteiger partial charge in [-0.25, -0.2) is 0 Å². The minimum Gasteiger partial charge on any atom is -0.508 e. The van der Waals surface area contributed by atoms with Gasteiger partial charge in [0.05, 0.1) is 0 Å². The van der Waals surface area contributed by atoms with Crippen molar-refractivity contribution in [3.05, 3.63) is 59.2 Å². The van der Waals surface area contributed by atoms with E-state index in [-0.39, 0.29) is 5.75 Å². The van der Waals surface area contributed by atoms with Crippen LogP contribution in [0.5, 0.6) is 11.5 Å². The van der Waals surface area contributed by atoms with Crippen LogP contribution in [0.15, 0.2) is 42.5 Å². The lowest BCUT2D eigenvalue weighted by Gasteiger charge is -2.11. The van der Waals surface area contributed by atoms with Gasteiger partial charge in [-0.3, -0.25) is 0 Å². The lowest BCUT2D eigenvalue weighted by atomic mass is 10.1. The van der Waals surface area contributed by atoms with Crippen LogP contribution in [0.3, 0.4) is 0 Å². The molecule has 3 N–H and O–H groups in total. The summed E-state index contributed by atoms with van der Waals surface area (Å²) in [5.41, 5.74) is 8.41. The molecular formula is C15H15NO2S. The van der Waals surface area contributed by atoms with E-state index in [9.17, 15) is 5.11 Å². The first-order chi connectivity index (χ1) is 9.06. The van der Waals surface area contributed by atoms with E-state index in [4.69, 9.17) is 22.7 Å². The lowest BCUT2D eigenvalue weighted by Crippen LogP contribution is -2.09. The van der Waals surface area contributed by atoms with E-state index in [1.807, 2.05) is 37.3 Å². The summed E-state index contributed by atoms with van der Waals surface area (Å²) in [7, 11) is 0. The van der Waals surface area contributed by atoms with Crippen molar-refractivity contribution in [2.75, 3.05) is 0 Å². The molecule has 0 saturated carbocycles. The maximum Gasteiger partial charge on any atom is 0.123 e. The number of aryl methyl sites for hydroxylation is 1. The van der Waals surface area contributed by atoms with E-state index in [1.165, 1.54) is 0 Å². The molecule has 0 fully saturated rings. The second kappa shape index (κ2) is 5.71. The highest BCUT2D eigenvalue weighted by atomic mass is 32.1. The minimum absolute atomic E-state index is 0.246. The zero-order valence-electron chi connectivity index (χ0n) is 10.6. The summed E-state index contributed by atoms with van der Waals surface area (Å²) in [6.45, 7) is 2.40. The number of rotatable bonds is 4. The third kappa shape index (κ3) is 3.45. The Morgan fingerprint density at radius 2 is 1.89 bits per heavy atom. The SMILES string of the molecule is Cc1ccc(C(N)=S)cc1OCc1ccc(O)cc1. The Morgan fingerprint density at radius 3 is 2.53 bits per heavy atom. The predicted octanol–water partition coefficient (Wildman–Crippen LogP) is 2.91. The fourth-order valence-electron chi connectivity index (χ4n) is 1.66. The van der Waals surface area contributed by atoms with Gasteiger partial charge >= 0.3 is 0 Å². The van der Waals surface area contributed by atoms with Gasteiger partial charge in [0, 0.05) is 5.56 Å². The molecule has 2 aromatic carbocycles. The molecule has 0 bridgehead atoms. The predicted molar refractivity (Wildman–Crippen MR) is 79.5 cm³/mol. The molecule has 4 heteroatoms. The Balaban J connectivity index is 2.12. The summed E-state index contributed by atoms with van der Waals surface area (Å²) in [6, 6.07) is 12.6. The van der Waals surface area contributed by atoms with E-state index in [0.29, 0.717) is 11.6 Å². The largest absolute Gasteiger partial charge is 0.508 e. The molecule has 0 radical (unpaired) electrons. The van der Waals surface area contributed by atoms with Gasteiger partial charge in [0.15, 0.2) is 0 Å². The van der Waals surface area contributed by atoms with E-state index < -0.39 is 0 Å². The lowest BCUT2D eigenvalue weighted by molar-refractivity contribution is 0.304. The molecule has 2 aromatic rings. The van der Waals surface area contributed by atoms with Crippen LogP contribution >= 0.6 is 12.2 Å². The summed E-state index contributed by atoms with van der Waals surface area (Å²) in [5, 5.41) is 9.21. The molecule has 0 aliphatic carbocycles. The molecule has 3 nitrogen and oxygen atoms in total. The van der Waals surface area contributed by atoms with E-state index in [0.717, 1.165) is 22.4 Å². The number of aromatic hydroxyl groups is 1. The topological polar surface area (TPSA) is 55.5 Å².